The van der Waals surface area contributed by atoms with Gasteiger partial charge in [0.15, 0.2) is 0 Å². The average molecular weight is 481 g/mol. The van der Waals surface area contributed by atoms with E-state index in [0.29, 0.717) is 16.1 Å². The smallest absolute Gasteiger partial charge is 0.295 e. The first-order valence-electron chi connectivity index (χ1n) is 8.92. The molecule has 6 nitrogen and oxygen atoms in total. The van der Waals surface area contributed by atoms with Crippen molar-refractivity contribution in [1.29, 1.82) is 0 Å². The minimum Gasteiger partial charge on any atom is -0.507 e. The minimum atomic E-state index is -0.757. The van der Waals surface area contributed by atoms with Crippen molar-refractivity contribution < 1.29 is 24.5 Å². The molecule has 3 rings (SSSR count). The summed E-state index contributed by atoms with van der Waals surface area (Å²) < 4.78 is 6.12. The fourth-order valence-corrected chi connectivity index (χ4v) is 3.59. The highest BCUT2D eigenvalue weighted by Gasteiger charge is 2.45. The first-order chi connectivity index (χ1) is 13.9. The lowest BCUT2D eigenvalue weighted by atomic mass is 9.95. The number of halogens is 2. The first-order valence-corrected chi connectivity index (χ1v) is 10.1. The van der Waals surface area contributed by atoms with Crippen molar-refractivity contribution in [2.24, 2.45) is 0 Å². The van der Waals surface area contributed by atoms with Crippen LogP contribution in [0.1, 0.15) is 17.2 Å². The lowest BCUT2D eigenvalue weighted by molar-refractivity contribution is -0.140. The Morgan fingerprint density at radius 2 is 1.72 bits per heavy atom. The summed E-state index contributed by atoms with van der Waals surface area (Å²) in [5.41, 5.74) is 1.10. The topological polar surface area (TPSA) is 87.1 Å². The number of rotatable bonds is 7. The van der Waals surface area contributed by atoms with Gasteiger partial charge in [0.2, 0.25) is 0 Å². The van der Waals surface area contributed by atoms with E-state index in [1.807, 2.05) is 0 Å². The second-order valence-electron chi connectivity index (χ2n) is 6.39. The number of hydrogen-bond donors (Lipinski definition) is 2. The first kappa shape index (κ1) is 21.5. The van der Waals surface area contributed by atoms with Crippen molar-refractivity contribution >= 4 is 45.0 Å². The molecular formula is C21H19BrClNO5. The number of likely N-dealkylation sites (tertiary alicyclic amines) is 1. The van der Waals surface area contributed by atoms with E-state index in [9.17, 15) is 14.7 Å². The van der Waals surface area contributed by atoms with Crippen molar-refractivity contribution in [2.45, 2.75) is 6.04 Å². The van der Waals surface area contributed by atoms with E-state index >= 15 is 0 Å². The lowest BCUT2D eigenvalue weighted by Crippen LogP contribution is -2.33. The average Bonchev–Trinajstić information content (AvgIpc) is 2.96. The van der Waals surface area contributed by atoms with Crippen LogP contribution in [0.2, 0.25) is 5.02 Å². The molecule has 1 amide bonds. The Hall–Kier alpha value is -2.19. The summed E-state index contributed by atoms with van der Waals surface area (Å²) in [6.07, 6.45) is 0. The summed E-state index contributed by atoms with van der Waals surface area (Å²) in [6.45, 7) is 0.299. The molecule has 0 radical (unpaired) electrons. The number of nitrogens with zero attached hydrogens (tertiary/aromatic N) is 1. The molecular weight excluding hydrogens is 462 g/mol. The van der Waals surface area contributed by atoms with Crippen LogP contribution >= 0.6 is 27.5 Å². The van der Waals surface area contributed by atoms with Gasteiger partial charge >= 0.3 is 0 Å². The van der Waals surface area contributed by atoms with Crippen LogP contribution in [-0.2, 0) is 14.3 Å². The zero-order valence-electron chi connectivity index (χ0n) is 15.3. The predicted molar refractivity (Wildman–Crippen MR) is 113 cm³/mol. The molecule has 1 atom stereocenters. The number of hydrogen-bond acceptors (Lipinski definition) is 5. The summed E-state index contributed by atoms with van der Waals surface area (Å²) in [4.78, 5) is 26.9. The Morgan fingerprint density at radius 3 is 2.34 bits per heavy atom. The molecule has 0 bridgehead atoms. The van der Waals surface area contributed by atoms with E-state index in [1.54, 1.807) is 48.5 Å². The molecule has 8 heteroatoms. The van der Waals surface area contributed by atoms with Crippen molar-refractivity contribution in [3.8, 4) is 0 Å². The van der Waals surface area contributed by atoms with E-state index in [1.165, 1.54) is 4.90 Å². The van der Waals surface area contributed by atoms with Crippen molar-refractivity contribution in [3.63, 3.8) is 0 Å². The summed E-state index contributed by atoms with van der Waals surface area (Å²) >= 11 is 9.28. The number of carbonyl (C=O) groups excluding carboxylic acids is 2. The van der Waals surface area contributed by atoms with E-state index < -0.39 is 17.7 Å². The van der Waals surface area contributed by atoms with Gasteiger partial charge in [0.1, 0.15) is 5.76 Å². The molecule has 1 fully saturated rings. The number of aliphatic hydroxyl groups excluding tert-OH is 2. The SMILES string of the molecule is O=C1C(=O)N(CCOCCO)C(c2ccc(Br)cc2)C1=C(O)c1ccc(Cl)cc1. The van der Waals surface area contributed by atoms with Gasteiger partial charge in [0, 0.05) is 21.6 Å². The number of aliphatic hydroxyl groups is 2. The highest BCUT2D eigenvalue weighted by atomic mass is 79.9. The van der Waals surface area contributed by atoms with Crippen molar-refractivity contribution in [2.75, 3.05) is 26.4 Å². The molecule has 29 heavy (non-hydrogen) atoms. The summed E-state index contributed by atoms with van der Waals surface area (Å²) in [6, 6.07) is 12.8. The Labute approximate surface area is 181 Å². The molecule has 0 aromatic heterocycles. The fourth-order valence-electron chi connectivity index (χ4n) is 3.20. The molecule has 2 aromatic carbocycles. The summed E-state index contributed by atoms with van der Waals surface area (Å²) in [5, 5.41) is 20.2. The second-order valence-corrected chi connectivity index (χ2v) is 7.74. The maximum absolute atomic E-state index is 12.8. The standard InChI is InChI=1S/C21H19BrClNO5/c22-15-5-1-13(2-6-15)18-17(19(26)14-3-7-16(23)8-4-14)20(27)21(28)24(18)9-11-29-12-10-25/h1-8,18,25-26H,9-12H2. The van der Waals surface area contributed by atoms with Crippen molar-refractivity contribution in [1.82, 2.24) is 4.90 Å². The van der Waals surface area contributed by atoms with Gasteiger partial charge in [-0.25, -0.2) is 0 Å². The van der Waals surface area contributed by atoms with Crippen LogP contribution in [0.4, 0.5) is 0 Å². The van der Waals surface area contributed by atoms with E-state index in [2.05, 4.69) is 15.9 Å². The predicted octanol–water partition coefficient (Wildman–Crippen LogP) is 3.53. The van der Waals surface area contributed by atoms with Crippen LogP contribution in [0.25, 0.3) is 5.76 Å². The third-order valence-electron chi connectivity index (χ3n) is 4.56. The van der Waals surface area contributed by atoms with Crippen LogP contribution < -0.4 is 0 Å². The number of ether oxygens (including phenoxy) is 1. The number of Topliss-reactive ketones (excluding diaryl/α,β-unsaturated/α-hetero) is 1. The molecule has 152 valence electrons. The van der Waals surface area contributed by atoms with Gasteiger partial charge in [-0.3, -0.25) is 9.59 Å². The Bertz CT molecular complexity index is 927. The van der Waals surface area contributed by atoms with Gasteiger partial charge in [-0.15, -0.1) is 0 Å². The number of amides is 1. The van der Waals surface area contributed by atoms with Crippen LogP contribution in [0.15, 0.2) is 58.6 Å². The summed E-state index contributed by atoms with van der Waals surface area (Å²) in [5.74, 6) is -1.72. The zero-order valence-corrected chi connectivity index (χ0v) is 17.7. The van der Waals surface area contributed by atoms with Gasteiger partial charge in [0.25, 0.3) is 11.7 Å². The van der Waals surface area contributed by atoms with Crippen molar-refractivity contribution in [3.05, 3.63) is 74.7 Å². The zero-order chi connectivity index (χ0) is 21.0. The maximum atomic E-state index is 12.8. The fraction of sp³-hybridized carbons (Fsp3) is 0.238. The molecule has 0 aliphatic carbocycles. The van der Waals surface area contributed by atoms with Crippen LogP contribution in [-0.4, -0.2) is 53.2 Å². The van der Waals surface area contributed by atoms with E-state index in [4.69, 9.17) is 21.4 Å². The molecule has 2 N–H and O–H groups in total. The minimum absolute atomic E-state index is 0.0156. The van der Waals surface area contributed by atoms with E-state index in [-0.39, 0.29) is 37.7 Å². The quantitative estimate of drug-likeness (QED) is 0.274. The van der Waals surface area contributed by atoms with Crippen LogP contribution in [0.3, 0.4) is 0 Å². The Morgan fingerprint density at radius 1 is 1.07 bits per heavy atom. The van der Waals surface area contributed by atoms with Crippen LogP contribution in [0.5, 0.6) is 0 Å². The number of ketones is 1. The van der Waals surface area contributed by atoms with Gasteiger partial charge in [-0.2, -0.15) is 0 Å². The highest BCUT2D eigenvalue weighted by Crippen LogP contribution is 2.39. The molecule has 0 saturated carbocycles. The lowest BCUT2D eigenvalue weighted by Gasteiger charge is -2.25. The van der Waals surface area contributed by atoms with Gasteiger partial charge in [-0.05, 0) is 42.0 Å². The number of benzene rings is 2. The molecule has 1 saturated heterocycles. The molecule has 0 spiro atoms. The molecule has 1 unspecified atom stereocenters. The summed E-state index contributed by atoms with van der Waals surface area (Å²) in [7, 11) is 0. The third-order valence-corrected chi connectivity index (χ3v) is 5.34. The third kappa shape index (κ3) is 4.70. The normalized spacial score (nSPS) is 18.4. The van der Waals surface area contributed by atoms with E-state index in [0.717, 1.165) is 4.47 Å². The largest absolute Gasteiger partial charge is 0.507 e. The molecule has 2 aromatic rings. The molecule has 1 aliphatic heterocycles. The van der Waals surface area contributed by atoms with Gasteiger partial charge in [0.05, 0.1) is 31.4 Å². The second kappa shape index (κ2) is 9.54. The Balaban J connectivity index is 2.05. The highest BCUT2D eigenvalue weighted by molar-refractivity contribution is 9.10. The maximum Gasteiger partial charge on any atom is 0.295 e. The van der Waals surface area contributed by atoms with Gasteiger partial charge < -0.3 is 19.8 Å². The molecule has 1 aliphatic rings. The Kier molecular flexibility index (Phi) is 7.08. The van der Waals surface area contributed by atoms with Crippen LogP contribution in [0, 0.1) is 0 Å². The number of carbonyl (C=O) groups is 2. The molecule has 1 heterocycles. The monoisotopic (exact) mass is 479 g/mol. The van der Waals surface area contributed by atoms with Gasteiger partial charge in [-0.1, -0.05) is 39.7 Å².